The van der Waals surface area contributed by atoms with Gasteiger partial charge in [-0.25, -0.2) is 15.0 Å². The first-order chi connectivity index (χ1) is 34.7. The van der Waals surface area contributed by atoms with Gasteiger partial charge in [0.15, 0.2) is 17.5 Å². The van der Waals surface area contributed by atoms with Gasteiger partial charge in [0, 0.05) is 49.3 Å². The van der Waals surface area contributed by atoms with E-state index in [2.05, 4.69) is 246 Å². The minimum absolute atomic E-state index is 0.613. The SMILES string of the molecule is c1ccc(-c2cccc(-c3nc(-c4cccc(-c5ccccc5)c4)nc(-c4ccc(-n5c6ccccc6c6cc7c8c9ccccc9ccc8n(-c8ccccc8)c7cc65)c5ccccc45)n3)c2)cc1. The van der Waals surface area contributed by atoms with Gasteiger partial charge in [0.1, 0.15) is 0 Å². The van der Waals surface area contributed by atoms with Crippen LogP contribution in [0.5, 0.6) is 0 Å². The topological polar surface area (TPSA) is 48.5 Å². The molecule has 0 atom stereocenters. The van der Waals surface area contributed by atoms with Gasteiger partial charge in [0.05, 0.1) is 27.8 Å². The maximum atomic E-state index is 5.34. The van der Waals surface area contributed by atoms with Crippen molar-refractivity contribution in [2.24, 2.45) is 0 Å². The Morgan fingerprint density at radius 1 is 0.257 bits per heavy atom. The van der Waals surface area contributed by atoms with E-state index in [1.54, 1.807) is 0 Å². The molecule has 14 rings (SSSR count). The molecule has 0 aliphatic carbocycles. The summed E-state index contributed by atoms with van der Waals surface area (Å²) in [5.74, 6) is 1.84. The van der Waals surface area contributed by atoms with Crippen LogP contribution in [0.2, 0.25) is 0 Å². The molecule has 0 bridgehead atoms. The molecule has 0 fully saturated rings. The van der Waals surface area contributed by atoms with Crippen LogP contribution >= 0.6 is 0 Å². The van der Waals surface area contributed by atoms with Gasteiger partial charge in [-0.05, 0) is 99.1 Å². The lowest BCUT2D eigenvalue weighted by molar-refractivity contribution is 1.08. The first-order valence-electron chi connectivity index (χ1n) is 23.8. The summed E-state index contributed by atoms with van der Waals surface area (Å²) < 4.78 is 4.89. The van der Waals surface area contributed by atoms with Crippen LogP contribution in [0.3, 0.4) is 0 Å². The van der Waals surface area contributed by atoms with Crippen LogP contribution in [0.25, 0.3) is 133 Å². The van der Waals surface area contributed by atoms with E-state index in [-0.39, 0.29) is 0 Å². The smallest absolute Gasteiger partial charge is 0.164 e. The van der Waals surface area contributed by atoms with Crippen molar-refractivity contribution in [2.75, 3.05) is 0 Å². The van der Waals surface area contributed by atoms with E-state index < -0.39 is 0 Å². The summed E-state index contributed by atoms with van der Waals surface area (Å²) in [4.78, 5) is 15.9. The minimum atomic E-state index is 0.613. The third-order valence-electron chi connectivity index (χ3n) is 13.9. The first-order valence-corrected chi connectivity index (χ1v) is 23.8. The van der Waals surface area contributed by atoms with Gasteiger partial charge in [-0.2, -0.15) is 0 Å². The second-order valence-electron chi connectivity index (χ2n) is 18.0. The van der Waals surface area contributed by atoms with Crippen molar-refractivity contribution >= 4 is 65.2 Å². The standard InChI is InChI=1S/C65H41N5/c1-4-18-42(19-5-1)45-23-16-25-47(38-45)63-66-64(48-26-17-24-46(39-48)43-20-6-2-7-21-43)68-65(67-63)54-35-37-58(52-31-13-12-30-51(52)54)70-57-33-15-14-32-53(57)55-40-56-61(41-60(55)70)69(49-27-8-3-9-28-49)59-36-34-44-22-10-11-29-50(44)62(56)59/h1-41H. The van der Waals surface area contributed by atoms with Crippen molar-refractivity contribution in [3.8, 4) is 67.8 Å². The van der Waals surface area contributed by atoms with Crippen LogP contribution in [0.4, 0.5) is 0 Å². The van der Waals surface area contributed by atoms with Crippen molar-refractivity contribution in [1.29, 1.82) is 0 Å². The van der Waals surface area contributed by atoms with Crippen molar-refractivity contribution in [3.63, 3.8) is 0 Å². The highest BCUT2D eigenvalue weighted by Crippen LogP contribution is 2.43. The quantitative estimate of drug-likeness (QED) is 0.160. The molecule has 3 aromatic heterocycles. The summed E-state index contributed by atoms with van der Waals surface area (Å²) in [6.07, 6.45) is 0. The Balaban J connectivity index is 1.00. The molecule has 0 aliphatic heterocycles. The van der Waals surface area contributed by atoms with Gasteiger partial charge in [0.2, 0.25) is 0 Å². The number of hydrogen-bond acceptors (Lipinski definition) is 3. The predicted octanol–water partition coefficient (Wildman–Crippen LogP) is 16.7. The molecule has 0 radical (unpaired) electrons. The summed E-state index contributed by atoms with van der Waals surface area (Å²) in [6, 6.07) is 88.7. The molecule has 5 nitrogen and oxygen atoms in total. The average Bonchev–Trinajstić information content (AvgIpc) is 3.94. The molecule has 3 heterocycles. The fourth-order valence-corrected chi connectivity index (χ4v) is 10.7. The number of nitrogens with zero attached hydrogens (tertiary/aromatic N) is 5. The van der Waals surface area contributed by atoms with E-state index in [4.69, 9.17) is 15.0 Å². The van der Waals surface area contributed by atoms with Crippen molar-refractivity contribution < 1.29 is 0 Å². The summed E-state index contributed by atoms with van der Waals surface area (Å²) >= 11 is 0. The van der Waals surface area contributed by atoms with Gasteiger partial charge >= 0.3 is 0 Å². The summed E-state index contributed by atoms with van der Waals surface area (Å²) in [5, 5.41) is 9.54. The third kappa shape index (κ3) is 6.44. The lowest BCUT2D eigenvalue weighted by Crippen LogP contribution is -2.02. The van der Waals surface area contributed by atoms with Crippen molar-refractivity contribution in [3.05, 3.63) is 249 Å². The van der Waals surface area contributed by atoms with E-state index in [1.165, 1.54) is 37.8 Å². The number of benzene rings is 11. The molecule has 14 aromatic rings. The zero-order chi connectivity index (χ0) is 46.1. The maximum absolute atomic E-state index is 5.34. The molecule has 0 saturated carbocycles. The van der Waals surface area contributed by atoms with Crippen molar-refractivity contribution in [1.82, 2.24) is 24.1 Å². The molecular weight excluding hydrogens is 851 g/mol. The van der Waals surface area contributed by atoms with Crippen LogP contribution in [-0.2, 0) is 0 Å². The van der Waals surface area contributed by atoms with Gasteiger partial charge in [-0.15, -0.1) is 0 Å². The number of rotatable bonds is 7. The molecule has 70 heavy (non-hydrogen) atoms. The Hall–Kier alpha value is -9.45. The Labute approximate surface area is 403 Å². The second kappa shape index (κ2) is 16.1. The third-order valence-corrected chi connectivity index (χ3v) is 13.9. The summed E-state index contributed by atoms with van der Waals surface area (Å²) in [5.41, 5.74) is 14.1. The number of hydrogen-bond donors (Lipinski definition) is 0. The minimum Gasteiger partial charge on any atom is -0.309 e. The number of fused-ring (bicyclic) bond motifs is 9. The molecule has 0 aliphatic rings. The molecule has 0 unspecified atom stereocenters. The zero-order valence-corrected chi connectivity index (χ0v) is 37.9. The molecule has 5 heteroatoms. The lowest BCUT2D eigenvalue weighted by Gasteiger charge is -2.15. The lowest BCUT2D eigenvalue weighted by atomic mass is 10.0. The van der Waals surface area contributed by atoms with E-state index in [0.29, 0.717) is 17.5 Å². The largest absolute Gasteiger partial charge is 0.309 e. The molecule has 326 valence electrons. The van der Waals surface area contributed by atoms with E-state index in [9.17, 15) is 0 Å². The maximum Gasteiger partial charge on any atom is 0.164 e. The fourth-order valence-electron chi connectivity index (χ4n) is 10.7. The van der Waals surface area contributed by atoms with Crippen LogP contribution in [0, 0.1) is 0 Å². The van der Waals surface area contributed by atoms with Crippen LogP contribution in [-0.4, -0.2) is 24.1 Å². The molecule has 0 N–H and O–H groups in total. The zero-order valence-electron chi connectivity index (χ0n) is 37.9. The van der Waals surface area contributed by atoms with Crippen LogP contribution < -0.4 is 0 Å². The summed E-state index contributed by atoms with van der Waals surface area (Å²) in [6.45, 7) is 0. The predicted molar refractivity (Wildman–Crippen MR) is 291 cm³/mol. The van der Waals surface area contributed by atoms with Gasteiger partial charge in [-0.1, -0.05) is 188 Å². The first kappa shape index (κ1) is 39.7. The number of para-hydroxylation sites is 2. The normalized spacial score (nSPS) is 11.7. The molecule has 0 spiro atoms. The Bertz CT molecular complexity index is 4240. The molecular formula is C65H41N5. The Morgan fingerprint density at radius 3 is 1.47 bits per heavy atom. The fraction of sp³-hybridized carbons (Fsp3) is 0. The molecule has 11 aromatic carbocycles. The highest BCUT2D eigenvalue weighted by Gasteiger charge is 2.22. The highest BCUT2D eigenvalue weighted by molar-refractivity contribution is 6.25. The van der Waals surface area contributed by atoms with Crippen molar-refractivity contribution in [2.45, 2.75) is 0 Å². The van der Waals surface area contributed by atoms with E-state index in [1.807, 2.05) is 12.1 Å². The second-order valence-corrected chi connectivity index (χ2v) is 18.0. The highest BCUT2D eigenvalue weighted by atomic mass is 15.0. The number of aromatic nitrogens is 5. The van der Waals surface area contributed by atoms with Crippen LogP contribution in [0.1, 0.15) is 0 Å². The van der Waals surface area contributed by atoms with E-state index >= 15 is 0 Å². The van der Waals surface area contributed by atoms with Gasteiger partial charge in [0.25, 0.3) is 0 Å². The van der Waals surface area contributed by atoms with Gasteiger partial charge in [-0.3, -0.25) is 0 Å². The Kier molecular flexibility index (Phi) is 9.14. The average molecular weight is 892 g/mol. The van der Waals surface area contributed by atoms with Crippen LogP contribution in [0.15, 0.2) is 249 Å². The van der Waals surface area contributed by atoms with Gasteiger partial charge < -0.3 is 9.13 Å². The monoisotopic (exact) mass is 891 g/mol. The molecule has 0 amide bonds. The molecule has 0 saturated heterocycles. The Morgan fingerprint density at radius 2 is 0.786 bits per heavy atom. The summed E-state index contributed by atoms with van der Waals surface area (Å²) in [7, 11) is 0. The van der Waals surface area contributed by atoms with E-state index in [0.717, 1.165) is 77.6 Å².